The number of carbonyl (C=O) groups excluding carboxylic acids is 4. The number of fused-ring (bicyclic) bond motifs is 3. The van der Waals surface area contributed by atoms with E-state index in [9.17, 15) is 19.2 Å². The van der Waals surface area contributed by atoms with Crippen LogP contribution in [0.25, 0.3) is 0 Å². The second-order valence-corrected chi connectivity index (χ2v) is 11.3. The SMILES string of the molecule is O=C(C1=C[C@@H]2[C@@H]3C(=O)N(c4ccc(Cl)cc4Cl)C(=O)[C@@H]3[C@@H](C(=O)c3ccc(Br)cc3)N2C=C1)c1ccccc1. The van der Waals surface area contributed by atoms with E-state index in [1.165, 1.54) is 12.1 Å². The highest BCUT2D eigenvalue weighted by Gasteiger charge is 2.63. The van der Waals surface area contributed by atoms with Crippen LogP contribution < -0.4 is 4.90 Å². The zero-order valence-electron chi connectivity index (χ0n) is 20.1. The predicted molar refractivity (Wildman–Crippen MR) is 152 cm³/mol. The zero-order chi connectivity index (χ0) is 27.4. The lowest BCUT2D eigenvalue weighted by atomic mass is 9.85. The van der Waals surface area contributed by atoms with Crippen molar-refractivity contribution in [2.45, 2.75) is 12.1 Å². The molecule has 2 amide bonds. The van der Waals surface area contributed by atoms with Crippen LogP contribution in [0.5, 0.6) is 0 Å². The highest BCUT2D eigenvalue weighted by molar-refractivity contribution is 9.10. The van der Waals surface area contributed by atoms with Gasteiger partial charge < -0.3 is 4.90 Å². The molecular weight excluding hydrogens is 603 g/mol. The number of anilines is 1. The Bertz CT molecular complexity index is 1600. The fourth-order valence-electron chi connectivity index (χ4n) is 5.64. The van der Waals surface area contributed by atoms with E-state index in [2.05, 4.69) is 15.9 Å². The van der Waals surface area contributed by atoms with Gasteiger partial charge in [0.05, 0.1) is 28.6 Å². The summed E-state index contributed by atoms with van der Waals surface area (Å²) in [7, 11) is 0. The molecule has 6 nitrogen and oxygen atoms in total. The molecule has 6 rings (SSSR count). The van der Waals surface area contributed by atoms with Crippen molar-refractivity contribution in [3.05, 3.63) is 122 Å². The molecule has 4 atom stereocenters. The monoisotopic (exact) mass is 620 g/mol. The molecule has 2 fully saturated rings. The first kappa shape index (κ1) is 25.7. The van der Waals surface area contributed by atoms with E-state index in [0.29, 0.717) is 21.7 Å². The Morgan fingerprint density at radius 3 is 2.21 bits per heavy atom. The standard InChI is InChI=1S/C30H19BrCl2N2O4/c31-19-8-6-17(7-9-19)28(37)26-25-24(29(38)35(30(25)39)22-11-10-20(32)15-21(22)33)23-14-18(12-13-34(23)26)27(36)16-4-2-1-3-5-16/h1-15,23-26H/t23-,24+,25+,26+/m1/s1. The van der Waals surface area contributed by atoms with Crippen molar-refractivity contribution in [1.82, 2.24) is 4.90 Å². The van der Waals surface area contributed by atoms with Crippen LogP contribution in [0.4, 0.5) is 5.69 Å². The molecular formula is C30H19BrCl2N2O4. The number of ketones is 2. The van der Waals surface area contributed by atoms with Crippen LogP contribution in [-0.4, -0.2) is 40.4 Å². The Kier molecular flexibility index (Phi) is 6.53. The maximum atomic E-state index is 13.9. The summed E-state index contributed by atoms with van der Waals surface area (Å²) in [5.41, 5.74) is 1.51. The van der Waals surface area contributed by atoms with Gasteiger partial charge in [-0.15, -0.1) is 0 Å². The maximum Gasteiger partial charge on any atom is 0.240 e. The summed E-state index contributed by atoms with van der Waals surface area (Å²) < 4.78 is 0.807. The second kappa shape index (κ2) is 9.90. The number of rotatable bonds is 5. The number of imide groups is 1. The van der Waals surface area contributed by atoms with Crippen molar-refractivity contribution in [3.63, 3.8) is 0 Å². The second-order valence-electron chi connectivity index (χ2n) is 9.55. The molecule has 39 heavy (non-hydrogen) atoms. The molecule has 0 saturated carbocycles. The molecule has 3 aromatic rings. The lowest BCUT2D eigenvalue weighted by molar-refractivity contribution is -0.123. The average molecular weight is 622 g/mol. The highest BCUT2D eigenvalue weighted by atomic mass is 79.9. The molecule has 0 radical (unpaired) electrons. The van der Waals surface area contributed by atoms with Crippen molar-refractivity contribution in [2.75, 3.05) is 4.90 Å². The van der Waals surface area contributed by atoms with Crippen LogP contribution in [0.3, 0.4) is 0 Å². The summed E-state index contributed by atoms with van der Waals surface area (Å²) in [5.74, 6) is -3.36. The first-order chi connectivity index (χ1) is 18.8. The molecule has 3 aliphatic heterocycles. The highest BCUT2D eigenvalue weighted by Crippen LogP contribution is 2.48. The number of benzene rings is 3. The van der Waals surface area contributed by atoms with Crippen LogP contribution in [-0.2, 0) is 9.59 Å². The number of allylic oxidation sites excluding steroid dienone is 2. The normalized spacial score (nSPS) is 23.5. The van der Waals surface area contributed by atoms with Crippen molar-refractivity contribution in [2.24, 2.45) is 11.8 Å². The van der Waals surface area contributed by atoms with Crippen molar-refractivity contribution in [1.29, 1.82) is 0 Å². The van der Waals surface area contributed by atoms with E-state index in [0.717, 1.165) is 9.37 Å². The summed E-state index contributed by atoms with van der Waals surface area (Å²) in [6.07, 6.45) is 4.98. The molecule has 194 valence electrons. The third kappa shape index (κ3) is 4.25. The Labute approximate surface area is 242 Å². The quantitative estimate of drug-likeness (QED) is 0.253. The molecule has 0 aliphatic carbocycles. The zero-order valence-corrected chi connectivity index (χ0v) is 23.2. The number of Topliss-reactive ketones (excluding diaryl/α,β-unsaturated/α-hetero) is 2. The van der Waals surface area contributed by atoms with Gasteiger partial charge >= 0.3 is 0 Å². The first-order valence-corrected chi connectivity index (χ1v) is 13.7. The molecule has 0 N–H and O–H groups in total. The molecule has 3 heterocycles. The van der Waals surface area contributed by atoms with Crippen LogP contribution in [0.1, 0.15) is 20.7 Å². The lowest BCUT2D eigenvalue weighted by Crippen LogP contribution is -2.46. The molecule has 0 unspecified atom stereocenters. The van der Waals surface area contributed by atoms with Crippen LogP contribution in [0.2, 0.25) is 10.0 Å². The van der Waals surface area contributed by atoms with Gasteiger partial charge in [-0.2, -0.15) is 0 Å². The molecule has 0 bridgehead atoms. The molecule has 0 spiro atoms. The van der Waals surface area contributed by atoms with Gasteiger partial charge in [0.25, 0.3) is 0 Å². The van der Waals surface area contributed by atoms with Gasteiger partial charge in [0.1, 0.15) is 6.04 Å². The summed E-state index contributed by atoms with van der Waals surface area (Å²) in [6.45, 7) is 0. The largest absolute Gasteiger partial charge is 0.359 e. The van der Waals surface area contributed by atoms with Crippen molar-refractivity contribution < 1.29 is 19.2 Å². The van der Waals surface area contributed by atoms with E-state index in [1.807, 2.05) is 6.07 Å². The fraction of sp³-hybridized carbons (Fsp3) is 0.133. The Morgan fingerprint density at radius 1 is 0.821 bits per heavy atom. The third-order valence-electron chi connectivity index (χ3n) is 7.39. The predicted octanol–water partition coefficient (Wildman–Crippen LogP) is 6.13. The van der Waals surface area contributed by atoms with Crippen LogP contribution in [0, 0.1) is 11.8 Å². The van der Waals surface area contributed by atoms with Crippen LogP contribution in [0.15, 0.2) is 101 Å². The molecule has 3 aliphatic rings. The van der Waals surface area contributed by atoms with Gasteiger partial charge in [-0.1, -0.05) is 87.7 Å². The summed E-state index contributed by atoms with van der Waals surface area (Å²) in [4.78, 5) is 57.8. The van der Waals surface area contributed by atoms with E-state index >= 15 is 0 Å². The molecule has 0 aromatic heterocycles. The number of hydrogen-bond donors (Lipinski definition) is 0. The van der Waals surface area contributed by atoms with E-state index in [-0.39, 0.29) is 22.3 Å². The molecule has 2 saturated heterocycles. The average Bonchev–Trinajstić information content (AvgIpc) is 3.40. The topological polar surface area (TPSA) is 74.8 Å². The van der Waals surface area contributed by atoms with Gasteiger partial charge in [0.2, 0.25) is 11.8 Å². The van der Waals surface area contributed by atoms with Crippen molar-refractivity contribution in [3.8, 4) is 0 Å². The van der Waals surface area contributed by atoms with Crippen molar-refractivity contribution >= 4 is 68.2 Å². The van der Waals surface area contributed by atoms with E-state index in [4.69, 9.17) is 23.2 Å². The van der Waals surface area contributed by atoms with Crippen LogP contribution >= 0.6 is 39.1 Å². The fourth-order valence-corrected chi connectivity index (χ4v) is 6.40. The summed E-state index contributed by atoms with van der Waals surface area (Å²) in [5, 5.41) is 0.512. The Morgan fingerprint density at radius 2 is 1.51 bits per heavy atom. The van der Waals surface area contributed by atoms with Gasteiger partial charge in [-0.3, -0.25) is 19.2 Å². The Balaban J connectivity index is 1.44. The van der Waals surface area contributed by atoms with Gasteiger partial charge in [-0.25, -0.2) is 4.90 Å². The van der Waals surface area contributed by atoms with E-state index < -0.39 is 35.7 Å². The minimum Gasteiger partial charge on any atom is -0.359 e. The number of hydrogen-bond acceptors (Lipinski definition) is 5. The van der Waals surface area contributed by atoms with Gasteiger partial charge in [0.15, 0.2) is 11.6 Å². The number of halogens is 3. The lowest BCUT2D eigenvalue weighted by Gasteiger charge is -2.33. The minimum absolute atomic E-state index is 0.149. The van der Waals surface area contributed by atoms with E-state index in [1.54, 1.807) is 77.8 Å². The smallest absolute Gasteiger partial charge is 0.240 e. The van der Waals surface area contributed by atoms with Gasteiger partial charge in [0, 0.05) is 32.4 Å². The summed E-state index contributed by atoms with van der Waals surface area (Å²) in [6, 6.07) is 18.6. The minimum atomic E-state index is -0.975. The number of carbonyl (C=O) groups is 4. The molecule has 9 heteroatoms. The maximum absolute atomic E-state index is 13.9. The third-order valence-corrected chi connectivity index (χ3v) is 8.46. The van der Waals surface area contributed by atoms with Gasteiger partial charge in [-0.05, 0) is 36.4 Å². The first-order valence-electron chi connectivity index (χ1n) is 12.2. The number of nitrogens with zero attached hydrogens (tertiary/aromatic N) is 2. The Hall–Kier alpha value is -3.52. The number of amides is 2. The molecule has 3 aromatic carbocycles. The summed E-state index contributed by atoms with van der Waals surface area (Å²) >= 11 is 15.8.